The molecule has 0 radical (unpaired) electrons. The van der Waals surface area contributed by atoms with Gasteiger partial charge >= 0.3 is 6.03 Å². The Morgan fingerprint density at radius 1 is 1.32 bits per heavy atom. The fourth-order valence-electron chi connectivity index (χ4n) is 2.83. The van der Waals surface area contributed by atoms with E-state index in [0.717, 1.165) is 38.0 Å². The number of amides is 2. The van der Waals surface area contributed by atoms with Gasteiger partial charge in [-0.15, -0.1) is 0 Å². The van der Waals surface area contributed by atoms with Gasteiger partial charge in [0.1, 0.15) is 0 Å². The molecule has 4 heteroatoms. The van der Waals surface area contributed by atoms with Gasteiger partial charge in [0.2, 0.25) is 0 Å². The zero-order valence-corrected chi connectivity index (χ0v) is 13.7. The van der Waals surface area contributed by atoms with E-state index in [1.54, 1.807) is 4.90 Å². The van der Waals surface area contributed by atoms with Gasteiger partial charge in [0.25, 0.3) is 0 Å². The number of carbonyl (C=O) groups excluding carboxylic acids is 1. The van der Waals surface area contributed by atoms with Crippen molar-refractivity contribution in [1.82, 2.24) is 15.1 Å². The quantitative estimate of drug-likeness (QED) is 0.849. The van der Waals surface area contributed by atoms with Crippen LogP contribution in [0.25, 0.3) is 0 Å². The first-order valence-electron chi connectivity index (χ1n) is 7.97. The number of rotatable bonds is 5. The average Bonchev–Trinajstić information content (AvgIpc) is 2.49. The van der Waals surface area contributed by atoms with Crippen LogP contribution in [0.1, 0.15) is 25.3 Å². The molecule has 1 fully saturated rings. The molecule has 1 heterocycles. The van der Waals surface area contributed by atoms with E-state index in [1.807, 2.05) is 37.4 Å². The van der Waals surface area contributed by atoms with E-state index < -0.39 is 0 Å². The Balaban J connectivity index is 1.74. The molecule has 2 amide bonds. The van der Waals surface area contributed by atoms with Crippen LogP contribution in [0.3, 0.4) is 0 Å². The third kappa shape index (κ3) is 5.19. The summed E-state index contributed by atoms with van der Waals surface area (Å²) >= 11 is 0. The second-order valence-electron chi connectivity index (χ2n) is 6.30. The highest BCUT2D eigenvalue weighted by atomic mass is 16.2. The topological polar surface area (TPSA) is 35.6 Å². The third-order valence-electron chi connectivity index (χ3n) is 4.02. The number of likely N-dealkylation sites (tertiary alicyclic amines) is 1. The van der Waals surface area contributed by atoms with Crippen molar-refractivity contribution in [3.63, 3.8) is 0 Å². The van der Waals surface area contributed by atoms with Gasteiger partial charge in [-0.3, -0.25) is 4.90 Å². The van der Waals surface area contributed by atoms with Gasteiger partial charge in [-0.25, -0.2) is 4.79 Å². The van der Waals surface area contributed by atoms with Crippen molar-refractivity contribution < 1.29 is 4.79 Å². The van der Waals surface area contributed by atoms with Crippen LogP contribution >= 0.6 is 0 Å². The van der Waals surface area contributed by atoms with Crippen LogP contribution in [-0.2, 0) is 6.54 Å². The van der Waals surface area contributed by atoms with Crippen LogP contribution < -0.4 is 5.32 Å². The second kappa shape index (κ2) is 7.99. The Bertz CT molecular complexity index is 492. The molecule has 1 aromatic carbocycles. The smallest absolute Gasteiger partial charge is 0.317 e. The van der Waals surface area contributed by atoms with Gasteiger partial charge in [0, 0.05) is 39.3 Å². The molecule has 1 aromatic rings. The summed E-state index contributed by atoms with van der Waals surface area (Å²) in [6, 6.07) is 10.4. The molecule has 1 saturated heterocycles. The van der Waals surface area contributed by atoms with E-state index in [1.165, 1.54) is 5.57 Å². The molecule has 0 aliphatic carbocycles. The first kappa shape index (κ1) is 16.6. The number of piperidine rings is 1. The first-order chi connectivity index (χ1) is 10.5. The molecular formula is C18H27N3O. The lowest BCUT2D eigenvalue weighted by molar-refractivity contribution is 0.182. The molecular weight excluding hydrogens is 274 g/mol. The van der Waals surface area contributed by atoms with Gasteiger partial charge in [-0.1, -0.05) is 42.5 Å². The van der Waals surface area contributed by atoms with Crippen LogP contribution in [0, 0.1) is 0 Å². The maximum absolute atomic E-state index is 12.3. The lowest BCUT2D eigenvalue weighted by Crippen LogP contribution is -2.48. The molecule has 4 nitrogen and oxygen atoms in total. The van der Waals surface area contributed by atoms with Crippen molar-refractivity contribution in [2.75, 3.05) is 26.7 Å². The maximum atomic E-state index is 12.3. The van der Waals surface area contributed by atoms with Crippen LogP contribution in [-0.4, -0.2) is 48.6 Å². The van der Waals surface area contributed by atoms with Crippen LogP contribution in [0.4, 0.5) is 4.79 Å². The zero-order valence-electron chi connectivity index (χ0n) is 13.7. The summed E-state index contributed by atoms with van der Waals surface area (Å²) in [6.45, 7) is 9.69. The number of nitrogens with zero attached hydrogens (tertiary/aromatic N) is 2. The number of hydrogen-bond donors (Lipinski definition) is 1. The minimum atomic E-state index is 0.0159. The summed E-state index contributed by atoms with van der Waals surface area (Å²) in [4.78, 5) is 16.4. The van der Waals surface area contributed by atoms with Gasteiger partial charge in [0.05, 0.1) is 0 Å². The monoisotopic (exact) mass is 301 g/mol. The van der Waals surface area contributed by atoms with Crippen LogP contribution in [0.2, 0.25) is 0 Å². The van der Waals surface area contributed by atoms with Crippen molar-refractivity contribution in [3.8, 4) is 0 Å². The highest BCUT2D eigenvalue weighted by Crippen LogP contribution is 2.12. The number of hydrogen-bond acceptors (Lipinski definition) is 2. The average molecular weight is 301 g/mol. The Kier molecular flexibility index (Phi) is 6.01. The molecule has 2 rings (SSSR count). The van der Waals surface area contributed by atoms with Crippen molar-refractivity contribution in [3.05, 3.63) is 48.0 Å². The Hall–Kier alpha value is -1.81. The SMILES string of the molecule is C=C(C)CN1CCC(NC(=O)N(C)Cc2ccccc2)CC1. The summed E-state index contributed by atoms with van der Waals surface area (Å²) in [7, 11) is 1.85. The predicted octanol–water partition coefficient (Wildman–Crippen LogP) is 2.87. The lowest BCUT2D eigenvalue weighted by atomic mass is 10.0. The predicted molar refractivity (Wildman–Crippen MR) is 90.7 cm³/mol. The molecule has 0 aromatic heterocycles. The molecule has 1 aliphatic heterocycles. The molecule has 1 N–H and O–H groups in total. The Morgan fingerprint density at radius 3 is 2.55 bits per heavy atom. The number of urea groups is 1. The van der Waals surface area contributed by atoms with Gasteiger partial charge in [-0.05, 0) is 25.3 Å². The molecule has 0 spiro atoms. The molecule has 22 heavy (non-hydrogen) atoms. The van der Waals surface area contributed by atoms with E-state index in [0.29, 0.717) is 6.54 Å². The lowest BCUT2D eigenvalue weighted by Gasteiger charge is -2.33. The van der Waals surface area contributed by atoms with E-state index >= 15 is 0 Å². The zero-order chi connectivity index (χ0) is 15.9. The first-order valence-corrected chi connectivity index (χ1v) is 7.97. The number of nitrogens with one attached hydrogen (secondary N) is 1. The Labute approximate surface area is 133 Å². The normalized spacial score (nSPS) is 16.3. The van der Waals surface area contributed by atoms with Crippen molar-refractivity contribution in [1.29, 1.82) is 0 Å². The number of benzene rings is 1. The Morgan fingerprint density at radius 2 is 1.95 bits per heavy atom. The molecule has 1 aliphatic rings. The third-order valence-corrected chi connectivity index (χ3v) is 4.02. The van der Waals surface area contributed by atoms with Gasteiger partial charge in [-0.2, -0.15) is 0 Å². The molecule has 120 valence electrons. The van der Waals surface area contributed by atoms with Crippen LogP contribution in [0.15, 0.2) is 42.5 Å². The summed E-state index contributed by atoms with van der Waals surface area (Å²) in [5.41, 5.74) is 2.35. The van der Waals surface area contributed by atoms with E-state index in [2.05, 4.69) is 23.7 Å². The molecule has 0 bridgehead atoms. The largest absolute Gasteiger partial charge is 0.335 e. The van der Waals surface area contributed by atoms with E-state index in [-0.39, 0.29) is 12.1 Å². The fourth-order valence-corrected chi connectivity index (χ4v) is 2.83. The summed E-state index contributed by atoms with van der Waals surface area (Å²) < 4.78 is 0. The summed E-state index contributed by atoms with van der Waals surface area (Å²) in [5.74, 6) is 0. The number of carbonyl (C=O) groups is 1. The van der Waals surface area contributed by atoms with Gasteiger partial charge in [0.15, 0.2) is 0 Å². The summed E-state index contributed by atoms with van der Waals surface area (Å²) in [5, 5.41) is 3.15. The second-order valence-corrected chi connectivity index (χ2v) is 6.30. The standard InChI is InChI=1S/C18H27N3O/c1-15(2)13-21-11-9-17(10-12-21)19-18(22)20(3)14-16-7-5-4-6-8-16/h4-8,17H,1,9-14H2,2-3H3,(H,19,22). The van der Waals surface area contributed by atoms with E-state index in [4.69, 9.17) is 0 Å². The summed E-state index contributed by atoms with van der Waals surface area (Å²) in [6.07, 6.45) is 2.02. The van der Waals surface area contributed by atoms with E-state index in [9.17, 15) is 4.79 Å². The fraction of sp³-hybridized carbons (Fsp3) is 0.500. The maximum Gasteiger partial charge on any atom is 0.317 e. The van der Waals surface area contributed by atoms with Gasteiger partial charge < -0.3 is 10.2 Å². The highest BCUT2D eigenvalue weighted by molar-refractivity contribution is 5.74. The van der Waals surface area contributed by atoms with Crippen molar-refractivity contribution >= 4 is 6.03 Å². The van der Waals surface area contributed by atoms with Crippen LogP contribution in [0.5, 0.6) is 0 Å². The minimum absolute atomic E-state index is 0.0159. The molecule has 0 unspecified atom stereocenters. The molecule has 0 saturated carbocycles. The van der Waals surface area contributed by atoms with Crippen molar-refractivity contribution in [2.24, 2.45) is 0 Å². The molecule has 0 atom stereocenters. The highest BCUT2D eigenvalue weighted by Gasteiger charge is 2.21. The minimum Gasteiger partial charge on any atom is -0.335 e. The van der Waals surface area contributed by atoms with Crippen molar-refractivity contribution in [2.45, 2.75) is 32.4 Å².